The smallest absolute Gasteiger partial charge is 0.272 e. The summed E-state index contributed by atoms with van der Waals surface area (Å²) in [6.45, 7) is 0. The molecule has 0 fully saturated rings. The average molecular weight is 277 g/mol. The number of carbonyl (C=O) groups excluding carboxylic acids is 1. The first-order valence-corrected chi connectivity index (χ1v) is 6.52. The Labute approximate surface area is 112 Å². The van der Waals surface area contributed by atoms with Gasteiger partial charge >= 0.3 is 0 Å². The van der Waals surface area contributed by atoms with E-state index in [1.54, 1.807) is 29.0 Å². The van der Waals surface area contributed by atoms with Crippen LogP contribution in [-0.2, 0) is 0 Å². The van der Waals surface area contributed by atoms with E-state index in [-0.39, 0.29) is 5.91 Å². The molecule has 0 aliphatic carbocycles. The van der Waals surface area contributed by atoms with Crippen molar-refractivity contribution in [1.82, 2.24) is 4.57 Å². The summed E-state index contributed by atoms with van der Waals surface area (Å²) in [5, 5.41) is 0.950. The van der Waals surface area contributed by atoms with Crippen molar-refractivity contribution in [2.75, 3.05) is 5.73 Å². The van der Waals surface area contributed by atoms with E-state index in [0.29, 0.717) is 14.9 Å². The summed E-state index contributed by atoms with van der Waals surface area (Å²) in [6.07, 6.45) is 1.73. The van der Waals surface area contributed by atoms with Crippen LogP contribution in [0.4, 0.5) is 5.69 Å². The standard InChI is InChI=1S/C13H9ClN2OS/c14-11-5-4-10(18-11)13(17)16-7-6-8-2-1-3-9(15)12(8)16/h1-7H,15H2. The number of hydrogen-bond acceptors (Lipinski definition) is 3. The Morgan fingerprint density at radius 1 is 1.22 bits per heavy atom. The number of aromatic nitrogens is 1. The first kappa shape index (κ1) is 11.3. The Balaban J connectivity index is 2.18. The van der Waals surface area contributed by atoms with Crippen LogP contribution in [0.5, 0.6) is 0 Å². The van der Waals surface area contributed by atoms with Gasteiger partial charge in [0.1, 0.15) is 0 Å². The molecule has 2 aromatic heterocycles. The van der Waals surface area contributed by atoms with Gasteiger partial charge in [-0.2, -0.15) is 0 Å². The van der Waals surface area contributed by atoms with Gasteiger partial charge in [-0.25, -0.2) is 0 Å². The number of anilines is 1. The first-order valence-electron chi connectivity index (χ1n) is 5.32. The zero-order valence-electron chi connectivity index (χ0n) is 9.26. The van der Waals surface area contributed by atoms with E-state index < -0.39 is 0 Å². The van der Waals surface area contributed by atoms with Gasteiger partial charge in [0.05, 0.1) is 20.4 Å². The molecule has 5 heteroatoms. The lowest BCUT2D eigenvalue weighted by Gasteiger charge is -2.04. The van der Waals surface area contributed by atoms with Gasteiger partial charge in [-0.3, -0.25) is 9.36 Å². The van der Waals surface area contributed by atoms with Crippen LogP contribution in [0, 0.1) is 0 Å². The van der Waals surface area contributed by atoms with Crippen molar-refractivity contribution in [2.24, 2.45) is 0 Å². The molecular weight excluding hydrogens is 268 g/mol. The number of benzene rings is 1. The van der Waals surface area contributed by atoms with Gasteiger partial charge in [-0.15, -0.1) is 11.3 Å². The molecule has 0 spiro atoms. The summed E-state index contributed by atoms with van der Waals surface area (Å²) in [4.78, 5) is 12.9. The molecule has 0 bridgehead atoms. The van der Waals surface area contributed by atoms with Gasteiger partial charge in [0.2, 0.25) is 0 Å². The number of rotatable bonds is 1. The highest BCUT2D eigenvalue weighted by Gasteiger charge is 2.14. The number of nitrogens with two attached hydrogens (primary N) is 1. The van der Waals surface area contributed by atoms with Crippen LogP contribution in [0.3, 0.4) is 0 Å². The highest BCUT2D eigenvalue weighted by molar-refractivity contribution is 7.18. The summed E-state index contributed by atoms with van der Waals surface area (Å²) >= 11 is 7.11. The van der Waals surface area contributed by atoms with Crippen molar-refractivity contribution in [3.05, 3.63) is 51.8 Å². The van der Waals surface area contributed by atoms with Gasteiger partial charge in [-0.05, 0) is 24.3 Å². The highest BCUT2D eigenvalue weighted by atomic mass is 35.5. The van der Waals surface area contributed by atoms with Crippen LogP contribution in [0.1, 0.15) is 9.67 Å². The van der Waals surface area contributed by atoms with E-state index >= 15 is 0 Å². The molecule has 0 saturated carbocycles. The van der Waals surface area contributed by atoms with Crippen molar-refractivity contribution in [1.29, 1.82) is 0 Å². The van der Waals surface area contributed by atoms with Crippen LogP contribution >= 0.6 is 22.9 Å². The van der Waals surface area contributed by atoms with Crippen LogP contribution in [-0.4, -0.2) is 10.5 Å². The normalized spacial score (nSPS) is 10.9. The predicted octanol–water partition coefficient (Wildman–Crippen LogP) is 3.63. The fourth-order valence-corrected chi connectivity index (χ4v) is 2.92. The summed E-state index contributed by atoms with van der Waals surface area (Å²) in [5.41, 5.74) is 7.26. The fraction of sp³-hybridized carbons (Fsp3) is 0. The van der Waals surface area contributed by atoms with E-state index in [4.69, 9.17) is 17.3 Å². The number of carbonyl (C=O) groups is 1. The lowest BCUT2D eigenvalue weighted by Crippen LogP contribution is -2.09. The second-order valence-electron chi connectivity index (χ2n) is 3.88. The van der Waals surface area contributed by atoms with Gasteiger partial charge in [0, 0.05) is 11.6 Å². The molecule has 90 valence electrons. The number of hydrogen-bond donors (Lipinski definition) is 1. The quantitative estimate of drug-likeness (QED) is 0.690. The predicted molar refractivity (Wildman–Crippen MR) is 75.4 cm³/mol. The summed E-state index contributed by atoms with van der Waals surface area (Å²) in [5.74, 6) is -0.111. The SMILES string of the molecule is Nc1cccc2ccn(C(=O)c3ccc(Cl)s3)c12. The van der Waals surface area contributed by atoms with Crippen molar-refractivity contribution in [2.45, 2.75) is 0 Å². The van der Waals surface area contributed by atoms with Gasteiger partial charge in [-0.1, -0.05) is 23.7 Å². The van der Waals surface area contributed by atoms with Crippen molar-refractivity contribution < 1.29 is 4.79 Å². The average Bonchev–Trinajstić information content (AvgIpc) is 2.95. The lowest BCUT2D eigenvalue weighted by molar-refractivity contribution is 0.0969. The molecule has 0 radical (unpaired) electrons. The Morgan fingerprint density at radius 2 is 2.06 bits per heavy atom. The minimum absolute atomic E-state index is 0.111. The van der Waals surface area contributed by atoms with E-state index in [0.717, 1.165) is 10.9 Å². The molecule has 18 heavy (non-hydrogen) atoms. The maximum atomic E-state index is 12.3. The van der Waals surface area contributed by atoms with Crippen molar-refractivity contribution in [3.63, 3.8) is 0 Å². The van der Waals surface area contributed by atoms with Gasteiger partial charge in [0.25, 0.3) is 5.91 Å². The number of nitrogens with zero attached hydrogens (tertiary/aromatic N) is 1. The topological polar surface area (TPSA) is 48.0 Å². The molecule has 2 N–H and O–H groups in total. The largest absolute Gasteiger partial charge is 0.397 e. The number of thiophene rings is 1. The Kier molecular flexibility index (Phi) is 2.61. The number of fused-ring (bicyclic) bond motifs is 1. The van der Waals surface area contributed by atoms with Crippen molar-refractivity contribution >= 4 is 45.4 Å². The monoisotopic (exact) mass is 276 g/mol. The second kappa shape index (κ2) is 4.15. The van der Waals surface area contributed by atoms with Crippen LogP contribution in [0.25, 0.3) is 10.9 Å². The zero-order chi connectivity index (χ0) is 12.7. The summed E-state index contributed by atoms with van der Waals surface area (Å²) < 4.78 is 2.16. The van der Waals surface area contributed by atoms with Crippen molar-refractivity contribution in [3.8, 4) is 0 Å². The summed E-state index contributed by atoms with van der Waals surface area (Å²) in [6, 6.07) is 10.9. The molecule has 3 nitrogen and oxygen atoms in total. The molecule has 3 rings (SSSR count). The Bertz CT molecular complexity index is 744. The maximum Gasteiger partial charge on any atom is 0.272 e. The number of halogens is 1. The minimum Gasteiger partial charge on any atom is -0.397 e. The molecule has 0 atom stereocenters. The molecule has 1 aromatic carbocycles. The zero-order valence-corrected chi connectivity index (χ0v) is 10.8. The van der Waals surface area contributed by atoms with Gasteiger partial charge < -0.3 is 5.73 Å². The highest BCUT2D eigenvalue weighted by Crippen LogP contribution is 2.26. The Morgan fingerprint density at radius 3 is 2.78 bits per heavy atom. The Hall–Kier alpha value is -1.78. The molecule has 0 amide bonds. The molecule has 3 aromatic rings. The third-order valence-corrected chi connectivity index (χ3v) is 3.96. The molecule has 0 saturated heterocycles. The third kappa shape index (κ3) is 1.70. The van der Waals surface area contributed by atoms with E-state index in [2.05, 4.69) is 0 Å². The minimum atomic E-state index is -0.111. The van der Waals surface area contributed by atoms with Crippen LogP contribution in [0.15, 0.2) is 42.6 Å². The second-order valence-corrected chi connectivity index (χ2v) is 5.59. The molecular formula is C13H9ClN2OS. The fourth-order valence-electron chi connectivity index (χ4n) is 1.94. The summed E-state index contributed by atoms with van der Waals surface area (Å²) in [7, 11) is 0. The van der Waals surface area contributed by atoms with E-state index in [1.807, 2.05) is 18.2 Å². The first-order chi connectivity index (χ1) is 8.66. The lowest BCUT2D eigenvalue weighted by atomic mass is 10.2. The van der Waals surface area contributed by atoms with Crippen LogP contribution in [0.2, 0.25) is 4.34 Å². The third-order valence-electron chi connectivity index (χ3n) is 2.75. The molecule has 2 heterocycles. The molecule has 0 aliphatic rings. The maximum absolute atomic E-state index is 12.3. The molecule has 0 unspecified atom stereocenters. The number of nitrogen functional groups attached to an aromatic ring is 1. The van der Waals surface area contributed by atoms with Gasteiger partial charge in [0.15, 0.2) is 0 Å². The van der Waals surface area contributed by atoms with E-state index in [9.17, 15) is 4.79 Å². The van der Waals surface area contributed by atoms with E-state index in [1.165, 1.54) is 11.3 Å². The van der Waals surface area contributed by atoms with Crippen LogP contribution < -0.4 is 5.73 Å². The number of para-hydroxylation sites is 1. The molecule has 0 aliphatic heterocycles.